The molecule has 2 aliphatic rings. The number of piperazine rings is 1. The first-order valence-corrected chi connectivity index (χ1v) is 12.5. The van der Waals surface area contributed by atoms with E-state index >= 15 is 0 Å². The molecule has 0 spiro atoms. The van der Waals surface area contributed by atoms with Crippen molar-refractivity contribution in [2.75, 3.05) is 62.7 Å². The van der Waals surface area contributed by atoms with E-state index in [2.05, 4.69) is 15.5 Å². The smallest absolute Gasteiger partial charge is 0.317 e. The van der Waals surface area contributed by atoms with Gasteiger partial charge in [0.05, 0.1) is 24.3 Å². The van der Waals surface area contributed by atoms with Crippen LogP contribution in [0.4, 0.5) is 20.6 Å². The number of nitrogens with one attached hydrogen (secondary N) is 2. The van der Waals surface area contributed by atoms with Crippen LogP contribution in [0.25, 0.3) is 0 Å². The molecule has 0 aliphatic carbocycles. The van der Waals surface area contributed by atoms with Crippen molar-refractivity contribution >= 4 is 29.2 Å². The Kier molecular flexibility index (Phi) is 7.97. The molecule has 9 nitrogen and oxygen atoms in total. The predicted molar refractivity (Wildman–Crippen MR) is 140 cm³/mol. The maximum Gasteiger partial charge on any atom is 0.317 e. The highest BCUT2D eigenvalue weighted by Crippen LogP contribution is 2.28. The van der Waals surface area contributed by atoms with Crippen molar-refractivity contribution in [3.8, 4) is 0 Å². The normalized spacial score (nSPS) is 16.4. The largest absolute Gasteiger partial charge is 0.378 e. The molecule has 2 heterocycles. The van der Waals surface area contributed by atoms with Crippen molar-refractivity contribution in [3.63, 3.8) is 0 Å². The second-order valence-electron chi connectivity index (χ2n) is 10.2. The highest BCUT2D eigenvalue weighted by atomic mass is 19.1. The Balaban J connectivity index is 1.55. The molecule has 2 N–H and O–H groups in total. The Hall–Kier alpha value is -3.66. The molecule has 2 saturated heterocycles. The summed E-state index contributed by atoms with van der Waals surface area (Å²) in [5.41, 5.74) is 1.18. The lowest BCUT2D eigenvalue weighted by Gasteiger charge is -2.38. The molecule has 0 atom stereocenters. The van der Waals surface area contributed by atoms with Crippen molar-refractivity contribution in [3.05, 3.63) is 59.4 Å². The molecule has 2 aromatic rings. The summed E-state index contributed by atoms with van der Waals surface area (Å²) in [5.74, 6) is -1.36. The Bertz CT molecular complexity index is 1150. The number of anilines is 2. The lowest BCUT2D eigenvalue weighted by atomic mass is 10.1. The van der Waals surface area contributed by atoms with Gasteiger partial charge in [0.2, 0.25) is 0 Å². The molecule has 198 valence electrons. The predicted octanol–water partition coefficient (Wildman–Crippen LogP) is 3.18. The van der Waals surface area contributed by atoms with Crippen molar-refractivity contribution < 1.29 is 23.5 Å². The zero-order chi connectivity index (χ0) is 26.6. The van der Waals surface area contributed by atoms with E-state index in [1.807, 2.05) is 20.8 Å². The van der Waals surface area contributed by atoms with Gasteiger partial charge in [0, 0.05) is 56.2 Å². The summed E-state index contributed by atoms with van der Waals surface area (Å²) in [7, 11) is 0. The highest BCUT2D eigenvalue weighted by Gasteiger charge is 2.28. The molecule has 0 radical (unpaired) electrons. The van der Waals surface area contributed by atoms with Crippen LogP contribution in [-0.4, -0.2) is 85.7 Å². The number of rotatable bonds is 4. The van der Waals surface area contributed by atoms with Crippen LogP contribution in [0.2, 0.25) is 0 Å². The highest BCUT2D eigenvalue weighted by molar-refractivity contribution is 6.06. The number of carbonyl (C=O) groups is 3. The second kappa shape index (κ2) is 11.2. The number of urea groups is 1. The molecule has 0 aromatic heterocycles. The monoisotopic (exact) mass is 511 g/mol. The molecule has 10 heteroatoms. The lowest BCUT2D eigenvalue weighted by molar-refractivity contribution is 0.0303. The fourth-order valence-corrected chi connectivity index (χ4v) is 4.39. The second-order valence-corrected chi connectivity index (χ2v) is 10.2. The summed E-state index contributed by atoms with van der Waals surface area (Å²) in [6.45, 7) is 9.85. The van der Waals surface area contributed by atoms with Crippen LogP contribution in [0.1, 0.15) is 41.5 Å². The Labute approximate surface area is 216 Å². The third-order valence-electron chi connectivity index (χ3n) is 6.29. The van der Waals surface area contributed by atoms with Crippen LogP contribution in [0.15, 0.2) is 42.5 Å². The average molecular weight is 512 g/mol. The van der Waals surface area contributed by atoms with Gasteiger partial charge >= 0.3 is 6.03 Å². The van der Waals surface area contributed by atoms with Gasteiger partial charge in [0.15, 0.2) is 0 Å². The number of amides is 4. The Morgan fingerprint density at radius 2 is 1.54 bits per heavy atom. The van der Waals surface area contributed by atoms with Gasteiger partial charge in [-0.1, -0.05) is 12.1 Å². The quantitative estimate of drug-likeness (QED) is 0.658. The average Bonchev–Trinajstić information content (AvgIpc) is 2.88. The summed E-state index contributed by atoms with van der Waals surface area (Å²) in [4.78, 5) is 44.4. The Morgan fingerprint density at radius 3 is 2.19 bits per heavy atom. The minimum atomic E-state index is -0.616. The SMILES string of the molecule is CC(C)(C)NC(=O)N1CCN(c2ccc(NC(=O)c3ccccc3F)cc2C(=O)N2CCOCC2)CC1. The van der Waals surface area contributed by atoms with Crippen molar-refractivity contribution in [1.82, 2.24) is 15.1 Å². The molecule has 4 rings (SSSR count). The van der Waals surface area contributed by atoms with Crippen molar-refractivity contribution in [2.45, 2.75) is 26.3 Å². The van der Waals surface area contributed by atoms with Crippen LogP contribution in [-0.2, 0) is 4.74 Å². The van der Waals surface area contributed by atoms with E-state index in [1.54, 1.807) is 34.1 Å². The van der Waals surface area contributed by atoms with Crippen LogP contribution >= 0.6 is 0 Å². The maximum atomic E-state index is 14.1. The van der Waals surface area contributed by atoms with E-state index in [9.17, 15) is 18.8 Å². The molecule has 2 aliphatic heterocycles. The minimum absolute atomic E-state index is 0.0720. The van der Waals surface area contributed by atoms with E-state index in [4.69, 9.17) is 4.74 Å². The molecule has 0 unspecified atom stereocenters. The molecule has 0 bridgehead atoms. The van der Waals surface area contributed by atoms with E-state index in [-0.39, 0.29) is 23.0 Å². The van der Waals surface area contributed by atoms with Gasteiger partial charge < -0.3 is 30.1 Å². The molecule has 2 aromatic carbocycles. The van der Waals surface area contributed by atoms with E-state index in [0.717, 1.165) is 5.69 Å². The molecular weight excluding hydrogens is 477 g/mol. The van der Waals surface area contributed by atoms with Crippen LogP contribution in [0.5, 0.6) is 0 Å². The lowest BCUT2D eigenvalue weighted by Crippen LogP contribution is -2.55. The molecule has 37 heavy (non-hydrogen) atoms. The topological polar surface area (TPSA) is 94.2 Å². The third kappa shape index (κ3) is 6.56. The maximum absolute atomic E-state index is 14.1. The first-order chi connectivity index (χ1) is 17.6. The van der Waals surface area contributed by atoms with Gasteiger partial charge in [-0.05, 0) is 51.1 Å². The van der Waals surface area contributed by atoms with E-state index in [0.29, 0.717) is 63.7 Å². The fraction of sp³-hybridized carbons (Fsp3) is 0.444. The summed E-state index contributed by atoms with van der Waals surface area (Å²) in [6.07, 6.45) is 0. The standard InChI is InChI=1S/C27H34FN5O4/c1-27(2,3)30-26(36)33-12-10-31(11-13-33)23-9-8-19(29-24(34)20-6-4-5-7-22(20)28)18-21(23)25(35)32-14-16-37-17-15-32/h4-9,18H,10-17H2,1-3H3,(H,29,34)(H,30,36). The number of hydrogen-bond donors (Lipinski definition) is 2. The molecule has 0 saturated carbocycles. The van der Waals surface area contributed by atoms with Crippen LogP contribution < -0.4 is 15.5 Å². The van der Waals surface area contributed by atoms with Crippen molar-refractivity contribution in [1.29, 1.82) is 0 Å². The number of halogens is 1. The summed E-state index contributed by atoms with van der Waals surface area (Å²) >= 11 is 0. The van der Waals surface area contributed by atoms with E-state index in [1.165, 1.54) is 18.2 Å². The van der Waals surface area contributed by atoms with Crippen LogP contribution in [0.3, 0.4) is 0 Å². The number of carbonyl (C=O) groups excluding carboxylic acids is 3. The zero-order valence-corrected chi connectivity index (χ0v) is 21.6. The van der Waals surface area contributed by atoms with Gasteiger partial charge in [-0.2, -0.15) is 0 Å². The van der Waals surface area contributed by atoms with Gasteiger partial charge in [-0.15, -0.1) is 0 Å². The summed E-state index contributed by atoms with van der Waals surface area (Å²) < 4.78 is 19.5. The van der Waals surface area contributed by atoms with E-state index < -0.39 is 11.7 Å². The number of ether oxygens (including phenoxy) is 1. The minimum Gasteiger partial charge on any atom is -0.378 e. The summed E-state index contributed by atoms with van der Waals surface area (Å²) in [6, 6.07) is 10.8. The molecular formula is C27H34FN5O4. The van der Waals surface area contributed by atoms with Crippen molar-refractivity contribution in [2.24, 2.45) is 0 Å². The zero-order valence-electron chi connectivity index (χ0n) is 21.6. The summed E-state index contributed by atoms with van der Waals surface area (Å²) in [5, 5.41) is 5.71. The first-order valence-electron chi connectivity index (χ1n) is 12.5. The van der Waals surface area contributed by atoms with Crippen LogP contribution in [0, 0.1) is 5.82 Å². The fourth-order valence-electron chi connectivity index (χ4n) is 4.39. The first kappa shape index (κ1) is 26.4. The number of benzene rings is 2. The number of nitrogens with zero attached hydrogens (tertiary/aromatic N) is 3. The van der Waals surface area contributed by atoms with Gasteiger partial charge in [-0.3, -0.25) is 9.59 Å². The molecule has 4 amide bonds. The number of hydrogen-bond acceptors (Lipinski definition) is 5. The Morgan fingerprint density at radius 1 is 0.865 bits per heavy atom. The van der Waals surface area contributed by atoms with Gasteiger partial charge in [0.25, 0.3) is 11.8 Å². The third-order valence-corrected chi connectivity index (χ3v) is 6.29. The van der Waals surface area contributed by atoms with Gasteiger partial charge in [-0.25, -0.2) is 9.18 Å². The molecule has 2 fully saturated rings. The van der Waals surface area contributed by atoms with Gasteiger partial charge in [0.1, 0.15) is 5.82 Å². The number of morpholine rings is 1.